The van der Waals surface area contributed by atoms with E-state index in [0.717, 1.165) is 24.7 Å². The fraction of sp³-hybridized carbons (Fsp3) is 0.952. The Morgan fingerprint density at radius 3 is 2.36 bits per heavy atom. The van der Waals surface area contributed by atoms with E-state index in [9.17, 15) is 9.90 Å². The summed E-state index contributed by atoms with van der Waals surface area (Å²) in [5.74, 6) is 2.79. The fourth-order valence-corrected chi connectivity index (χ4v) is 7.89. The SMILES string of the molecule is CC(=O)[C@@]1(O)CC[C@H]2[C@@H]3CCC4CC(N)CC[C@]4(C)[C@H]3CC[C@@]21C.Cl. The smallest absolute Gasteiger partial charge is 0.161 e. The zero-order chi connectivity index (χ0) is 17.3. The predicted octanol–water partition coefficient (Wildman–Crippen LogP) is 4.10. The molecule has 0 amide bonds. The van der Waals surface area contributed by atoms with E-state index in [1.165, 1.54) is 38.5 Å². The first-order valence-electron chi connectivity index (χ1n) is 10.2. The van der Waals surface area contributed by atoms with Crippen molar-refractivity contribution in [2.24, 2.45) is 40.2 Å². The second kappa shape index (κ2) is 6.21. The van der Waals surface area contributed by atoms with Gasteiger partial charge in [-0.05, 0) is 93.8 Å². The average Bonchev–Trinajstić information content (AvgIpc) is 2.81. The van der Waals surface area contributed by atoms with Crippen molar-refractivity contribution in [2.75, 3.05) is 0 Å². The molecule has 3 N–H and O–H groups in total. The number of Topliss-reactive ketones (excluding diaryl/α,β-unsaturated/α-hetero) is 1. The molecule has 0 aliphatic heterocycles. The van der Waals surface area contributed by atoms with Gasteiger partial charge in [0.2, 0.25) is 0 Å². The summed E-state index contributed by atoms with van der Waals surface area (Å²) >= 11 is 0. The molecular formula is C21H36ClNO2. The number of halogens is 1. The average molecular weight is 370 g/mol. The summed E-state index contributed by atoms with van der Waals surface area (Å²) in [6.07, 6.45) is 10.2. The highest BCUT2D eigenvalue weighted by Gasteiger charge is 2.65. The normalized spacial score (nSPS) is 54.7. The van der Waals surface area contributed by atoms with Crippen LogP contribution in [-0.2, 0) is 4.79 Å². The molecule has 144 valence electrons. The van der Waals surface area contributed by atoms with Crippen LogP contribution in [0.5, 0.6) is 0 Å². The van der Waals surface area contributed by atoms with Gasteiger partial charge >= 0.3 is 0 Å². The molecule has 4 fully saturated rings. The number of nitrogens with two attached hydrogens (primary N) is 1. The van der Waals surface area contributed by atoms with Gasteiger partial charge in [0.1, 0.15) is 5.60 Å². The zero-order valence-electron chi connectivity index (χ0n) is 16.1. The van der Waals surface area contributed by atoms with Gasteiger partial charge in [-0.3, -0.25) is 4.79 Å². The number of carbonyl (C=O) groups is 1. The topological polar surface area (TPSA) is 63.3 Å². The molecule has 0 bridgehead atoms. The van der Waals surface area contributed by atoms with Crippen LogP contribution in [0.1, 0.15) is 78.6 Å². The Labute approximate surface area is 158 Å². The van der Waals surface area contributed by atoms with Crippen LogP contribution in [0.2, 0.25) is 0 Å². The minimum Gasteiger partial charge on any atom is -0.382 e. The van der Waals surface area contributed by atoms with E-state index in [-0.39, 0.29) is 23.6 Å². The Morgan fingerprint density at radius 1 is 1.00 bits per heavy atom. The van der Waals surface area contributed by atoms with Crippen LogP contribution in [0.25, 0.3) is 0 Å². The molecule has 25 heavy (non-hydrogen) atoms. The molecule has 2 unspecified atom stereocenters. The van der Waals surface area contributed by atoms with Gasteiger partial charge < -0.3 is 10.8 Å². The minimum absolute atomic E-state index is 0. The highest BCUT2D eigenvalue weighted by molar-refractivity contribution is 5.86. The van der Waals surface area contributed by atoms with Gasteiger partial charge in [0, 0.05) is 11.5 Å². The van der Waals surface area contributed by atoms with E-state index < -0.39 is 5.60 Å². The van der Waals surface area contributed by atoms with Crippen molar-refractivity contribution in [3.05, 3.63) is 0 Å². The van der Waals surface area contributed by atoms with Crippen molar-refractivity contribution in [3.8, 4) is 0 Å². The summed E-state index contributed by atoms with van der Waals surface area (Å²) in [4.78, 5) is 12.3. The van der Waals surface area contributed by atoms with Gasteiger partial charge in [0.15, 0.2) is 5.78 Å². The largest absolute Gasteiger partial charge is 0.382 e. The lowest BCUT2D eigenvalue weighted by atomic mass is 9.44. The Hall–Kier alpha value is -0.120. The van der Waals surface area contributed by atoms with E-state index in [2.05, 4.69) is 13.8 Å². The van der Waals surface area contributed by atoms with E-state index in [1.807, 2.05) is 0 Å². The van der Waals surface area contributed by atoms with Crippen LogP contribution < -0.4 is 5.73 Å². The predicted molar refractivity (Wildman–Crippen MR) is 103 cm³/mol. The fourth-order valence-electron chi connectivity index (χ4n) is 7.89. The number of ketones is 1. The lowest BCUT2D eigenvalue weighted by Crippen LogP contribution is -2.58. The van der Waals surface area contributed by atoms with Crippen molar-refractivity contribution in [3.63, 3.8) is 0 Å². The lowest BCUT2D eigenvalue weighted by Gasteiger charge is -2.61. The molecule has 4 aliphatic carbocycles. The molecule has 0 heterocycles. The Morgan fingerprint density at radius 2 is 1.68 bits per heavy atom. The van der Waals surface area contributed by atoms with E-state index in [1.54, 1.807) is 6.92 Å². The van der Waals surface area contributed by atoms with Gasteiger partial charge in [-0.1, -0.05) is 13.8 Å². The summed E-state index contributed by atoms with van der Waals surface area (Å²) in [5.41, 5.74) is 5.44. The Bertz CT molecular complexity index is 554. The van der Waals surface area contributed by atoms with Gasteiger partial charge in [-0.2, -0.15) is 0 Å². The number of fused-ring (bicyclic) bond motifs is 5. The summed E-state index contributed by atoms with van der Waals surface area (Å²) in [6.45, 7) is 6.35. The number of aliphatic hydroxyl groups is 1. The zero-order valence-corrected chi connectivity index (χ0v) is 16.9. The number of carbonyl (C=O) groups excluding carboxylic acids is 1. The van der Waals surface area contributed by atoms with Gasteiger partial charge in [0.05, 0.1) is 0 Å². The first-order chi connectivity index (χ1) is 11.2. The van der Waals surface area contributed by atoms with Crippen LogP contribution in [0.15, 0.2) is 0 Å². The maximum atomic E-state index is 12.3. The first-order valence-corrected chi connectivity index (χ1v) is 10.2. The van der Waals surface area contributed by atoms with Crippen LogP contribution >= 0.6 is 12.4 Å². The van der Waals surface area contributed by atoms with Crippen LogP contribution in [-0.4, -0.2) is 22.5 Å². The molecule has 4 saturated carbocycles. The second-order valence-corrected chi connectivity index (χ2v) is 10.1. The van der Waals surface area contributed by atoms with Crippen molar-refractivity contribution < 1.29 is 9.90 Å². The van der Waals surface area contributed by atoms with E-state index in [4.69, 9.17) is 5.73 Å². The molecule has 4 aliphatic rings. The highest BCUT2D eigenvalue weighted by atomic mass is 35.5. The van der Waals surface area contributed by atoms with Gasteiger partial charge in [-0.25, -0.2) is 0 Å². The monoisotopic (exact) mass is 369 g/mol. The van der Waals surface area contributed by atoms with Gasteiger partial charge in [-0.15, -0.1) is 12.4 Å². The Kier molecular flexibility index (Phi) is 4.87. The second-order valence-electron chi connectivity index (χ2n) is 10.1. The molecule has 0 radical (unpaired) electrons. The number of rotatable bonds is 1. The van der Waals surface area contributed by atoms with Crippen molar-refractivity contribution in [1.29, 1.82) is 0 Å². The molecule has 0 aromatic rings. The molecule has 0 aromatic carbocycles. The first kappa shape index (κ1) is 19.6. The third-order valence-corrected chi connectivity index (χ3v) is 9.44. The third kappa shape index (κ3) is 2.48. The van der Waals surface area contributed by atoms with E-state index >= 15 is 0 Å². The van der Waals surface area contributed by atoms with Crippen LogP contribution in [0.4, 0.5) is 0 Å². The molecule has 4 heteroatoms. The standard InChI is InChI=1S/C21H35NO2.ClH/c1-13(23)21(24)11-8-18-16-5-4-14-12-15(22)6-9-19(14,2)17(16)7-10-20(18,21)3;/h14-18,24H,4-12,22H2,1-3H3;1H/t14?,15?,16-,17+,18+,19+,20+,21+;/m1./s1. The van der Waals surface area contributed by atoms with Gasteiger partial charge in [0.25, 0.3) is 0 Å². The van der Waals surface area contributed by atoms with Crippen molar-refractivity contribution in [2.45, 2.75) is 90.2 Å². The molecule has 0 aromatic heterocycles. The van der Waals surface area contributed by atoms with Crippen molar-refractivity contribution in [1.82, 2.24) is 0 Å². The molecular weight excluding hydrogens is 334 g/mol. The molecule has 0 saturated heterocycles. The summed E-state index contributed by atoms with van der Waals surface area (Å²) < 4.78 is 0. The number of hydrogen-bond acceptors (Lipinski definition) is 3. The summed E-state index contributed by atoms with van der Waals surface area (Å²) in [7, 11) is 0. The molecule has 0 spiro atoms. The van der Waals surface area contributed by atoms with Crippen LogP contribution in [0, 0.1) is 34.5 Å². The quantitative estimate of drug-likeness (QED) is 0.731. The van der Waals surface area contributed by atoms with Crippen LogP contribution in [0.3, 0.4) is 0 Å². The third-order valence-electron chi connectivity index (χ3n) is 9.44. The maximum Gasteiger partial charge on any atom is 0.161 e. The highest BCUT2D eigenvalue weighted by Crippen LogP contribution is 2.68. The molecule has 4 rings (SSSR count). The van der Waals surface area contributed by atoms with E-state index in [0.29, 0.717) is 29.7 Å². The molecule has 8 atom stereocenters. The summed E-state index contributed by atoms with van der Waals surface area (Å²) in [5, 5.41) is 11.2. The summed E-state index contributed by atoms with van der Waals surface area (Å²) in [6, 6.07) is 0.405. The Balaban J connectivity index is 0.00000182. The lowest BCUT2D eigenvalue weighted by molar-refractivity contribution is -0.167. The number of hydrogen-bond donors (Lipinski definition) is 2. The maximum absolute atomic E-state index is 12.3. The minimum atomic E-state index is -1.07. The van der Waals surface area contributed by atoms with Crippen molar-refractivity contribution >= 4 is 18.2 Å². The molecule has 3 nitrogen and oxygen atoms in total.